The Morgan fingerprint density at radius 2 is 1.81 bits per heavy atom. The molecule has 1 amide bonds. The molecule has 1 N–H and O–H groups in total. The van der Waals surface area contributed by atoms with Gasteiger partial charge in [0.15, 0.2) is 11.5 Å². The molecule has 0 aliphatic carbocycles. The molecule has 1 aliphatic heterocycles. The molecule has 0 spiro atoms. The van der Waals surface area contributed by atoms with E-state index in [4.69, 9.17) is 14.2 Å². The molecule has 2 aromatic rings. The molecule has 3 rings (SSSR count). The van der Waals surface area contributed by atoms with Crippen LogP contribution in [0.25, 0.3) is 0 Å². The molecule has 9 heteroatoms. The number of ether oxygens (including phenoxy) is 3. The van der Waals surface area contributed by atoms with E-state index in [1.54, 1.807) is 21.4 Å². The van der Waals surface area contributed by atoms with Gasteiger partial charge in [0.2, 0.25) is 0 Å². The number of carbonyl (C=O) groups is 1. The predicted octanol–water partition coefficient (Wildman–Crippen LogP) is 2.25. The summed E-state index contributed by atoms with van der Waals surface area (Å²) in [5.74, 6) is 2.40. The number of amides is 1. The third kappa shape index (κ3) is 5.03. The maximum absolute atomic E-state index is 13.0. The molecule has 0 saturated carbocycles. The average molecular weight is 433 g/mol. The number of fused-ring (bicyclic) bond motifs is 1. The highest BCUT2D eigenvalue weighted by atomic mass is 16.5. The van der Waals surface area contributed by atoms with Crippen LogP contribution in [0.3, 0.4) is 0 Å². The Labute approximate surface area is 182 Å². The van der Waals surface area contributed by atoms with Crippen LogP contribution in [-0.4, -0.2) is 47.6 Å². The molecule has 1 aromatic carbocycles. The van der Waals surface area contributed by atoms with Crippen LogP contribution in [0.2, 0.25) is 0 Å². The quantitative estimate of drug-likeness (QED) is 0.687. The van der Waals surface area contributed by atoms with Crippen molar-refractivity contribution in [2.45, 2.75) is 58.7 Å². The number of carbonyl (C=O) groups excluding carboxylic acids is 1. The summed E-state index contributed by atoms with van der Waals surface area (Å²) in [4.78, 5) is 25.7. The first kappa shape index (κ1) is 22.7. The lowest BCUT2D eigenvalue weighted by molar-refractivity contribution is 0.0929. The normalized spacial score (nSPS) is 15.9. The minimum atomic E-state index is -0.253. The predicted molar refractivity (Wildman–Crippen MR) is 116 cm³/mol. The maximum atomic E-state index is 13.0. The summed E-state index contributed by atoms with van der Waals surface area (Å²) in [6.07, 6.45) is 2.92. The number of benzene rings is 1. The van der Waals surface area contributed by atoms with E-state index in [2.05, 4.69) is 24.3 Å². The fourth-order valence-electron chi connectivity index (χ4n) is 3.77. The second-order valence-electron chi connectivity index (χ2n) is 8.16. The first-order chi connectivity index (χ1) is 14.9. The Morgan fingerprint density at radius 3 is 2.45 bits per heavy atom. The molecule has 170 valence electrons. The van der Waals surface area contributed by atoms with Crippen LogP contribution < -0.4 is 25.2 Å². The zero-order valence-corrected chi connectivity index (χ0v) is 18.9. The number of nitrogens with one attached hydrogen (secondary N) is 1. The summed E-state index contributed by atoms with van der Waals surface area (Å²) < 4.78 is 19.3. The van der Waals surface area contributed by atoms with Gasteiger partial charge in [-0.25, -0.2) is 9.48 Å². The Morgan fingerprint density at radius 1 is 1.13 bits per heavy atom. The van der Waals surface area contributed by atoms with E-state index in [-0.39, 0.29) is 17.6 Å². The molecule has 0 bridgehead atoms. The summed E-state index contributed by atoms with van der Waals surface area (Å²) >= 11 is 0. The molecular formula is C22H32N4O5. The first-order valence-electron chi connectivity index (χ1n) is 10.6. The Kier molecular flexibility index (Phi) is 7.25. The van der Waals surface area contributed by atoms with Crippen molar-refractivity contribution in [1.82, 2.24) is 19.7 Å². The van der Waals surface area contributed by atoms with Crippen molar-refractivity contribution in [1.29, 1.82) is 0 Å². The van der Waals surface area contributed by atoms with Crippen molar-refractivity contribution in [3.8, 4) is 17.2 Å². The van der Waals surface area contributed by atoms with Crippen LogP contribution in [-0.2, 0) is 19.5 Å². The summed E-state index contributed by atoms with van der Waals surface area (Å²) in [5, 5.41) is 7.60. The number of rotatable bonds is 8. The monoisotopic (exact) mass is 432 g/mol. The van der Waals surface area contributed by atoms with Crippen molar-refractivity contribution >= 4 is 5.91 Å². The third-order valence-electron chi connectivity index (χ3n) is 5.62. The van der Waals surface area contributed by atoms with Crippen LogP contribution in [0.15, 0.2) is 16.9 Å². The lowest BCUT2D eigenvalue weighted by atomic mass is 10.1. The zero-order valence-electron chi connectivity index (χ0n) is 18.9. The van der Waals surface area contributed by atoms with E-state index < -0.39 is 0 Å². The summed E-state index contributed by atoms with van der Waals surface area (Å²) in [6.45, 7) is 5.43. The molecule has 2 heterocycles. The second kappa shape index (κ2) is 9.89. The molecule has 1 aliphatic rings. The van der Waals surface area contributed by atoms with Crippen LogP contribution in [0, 0.1) is 5.92 Å². The second-order valence-corrected chi connectivity index (χ2v) is 8.16. The highest BCUT2D eigenvalue weighted by Gasteiger charge is 2.24. The van der Waals surface area contributed by atoms with Gasteiger partial charge in [-0.15, -0.1) is 0 Å². The number of aryl methyl sites for hydroxylation is 2. The highest BCUT2D eigenvalue weighted by molar-refractivity contribution is 5.98. The molecule has 0 fully saturated rings. The lowest BCUT2D eigenvalue weighted by Crippen LogP contribution is -2.36. The van der Waals surface area contributed by atoms with Gasteiger partial charge >= 0.3 is 5.69 Å². The topological polar surface area (TPSA) is 96.6 Å². The molecule has 31 heavy (non-hydrogen) atoms. The van der Waals surface area contributed by atoms with Crippen molar-refractivity contribution in [3.63, 3.8) is 0 Å². The van der Waals surface area contributed by atoms with Crippen molar-refractivity contribution < 1.29 is 19.0 Å². The molecule has 0 saturated heterocycles. The van der Waals surface area contributed by atoms with Crippen LogP contribution in [0.4, 0.5) is 0 Å². The Hall–Kier alpha value is -2.97. The molecule has 0 radical (unpaired) electrons. The van der Waals surface area contributed by atoms with Crippen molar-refractivity contribution in [3.05, 3.63) is 34.0 Å². The number of hydrogen-bond donors (Lipinski definition) is 1. The number of nitrogens with zero attached hydrogens (tertiary/aromatic N) is 3. The number of methoxy groups -OCH3 is 3. The largest absolute Gasteiger partial charge is 0.496 e. The molecule has 1 unspecified atom stereocenters. The number of hydrogen-bond acceptors (Lipinski definition) is 6. The van der Waals surface area contributed by atoms with E-state index >= 15 is 0 Å². The minimum absolute atomic E-state index is 0.0656. The standard InChI is InChI=1S/C22H32N4O5/c1-14(2)8-11-26-22(28)25-10-9-15(6-7-20(25)24-26)23-21(27)16-12-18(30-4)19(31-5)13-17(16)29-3/h12-15H,6-11H2,1-5H3,(H,23,27). The van der Waals surface area contributed by atoms with Gasteiger partial charge in [-0.3, -0.25) is 9.36 Å². The van der Waals surface area contributed by atoms with Crippen molar-refractivity contribution in [2.75, 3.05) is 21.3 Å². The van der Waals surface area contributed by atoms with Gasteiger partial charge in [-0.1, -0.05) is 13.8 Å². The van der Waals surface area contributed by atoms with Gasteiger partial charge in [0.25, 0.3) is 5.91 Å². The minimum Gasteiger partial charge on any atom is -0.496 e. The fourth-order valence-corrected chi connectivity index (χ4v) is 3.77. The first-order valence-corrected chi connectivity index (χ1v) is 10.6. The Balaban J connectivity index is 1.71. The number of aromatic nitrogens is 3. The molecule has 9 nitrogen and oxygen atoms in total. The highest BCUT2D eigenvalue weighted by Crippen LogP contribution is 2.34. The molecule has 1 atom stereocenters. The van der Waals surface area contributed by atoms with E-state index in [1.165, 1.54) is 21.3 Å². The molecule has 1 aromatic heterocycles. The van der Waals surface area contributed by atoms with E-state index in [0.717, 1.165) is 12.2 Å². The van der Waals surface area contributed by atoms with E-state index in [9.17, 15) is 9.59 Å². The molecular weight excluding hydrogens is 400 g/mol. The summed E-state index contributed by atoms with van der Waals surface area (Å²) in [6, 6.07) is 3.17. The van der Waals surface area contributed by atoms with Crippen LogP contribution in [0.1, 0.15) is 49.3 Å². The van der Waals surface area contributed by atoms with E-state index in [0.29, 0.717) is 61.1 Å². The Bertz CT molecular complexity index is 979. The lowest BCUT2D eigenvalue weighted by Gasteiger charge is -2.18. The van der Waals surface area contributed by atoms with Crippen LogP contribution in [0.5, 0.6) is 17.2 Å². The van der Waals surface area contributed by atoms with E-state index in [1.807, 2.05) is 0 Å². The van der Waals surface area contributed by atoms with Crippen molar-refractivity contribution in [2.24, 2.45) is 5.92 Å². The van der Waals surface area contributed by atoms with Gasteiger partial charge in [-0.2, -0.15) is 5.10 Å². The maximum Gasteiger partial charge on any atom is 0.345 e. The van der Waals surface area contributed by atoms with Gasteiger partial charge in [-0.05, 0) is 25.2 Å². The van der Waals surface area contributed by atoms with Gasteiger partial charge < -0.3 is 19.5 Å². The van der Waals surface area contributed by atoms with Gasteiger partial charge in [0.05, 0.1) is 26.9 Å². The van der Waals surface area contributed by atoms with Gasteiger partial charge in [0, 0.05) is 37.7 Å². The average Bonchev–Trinajstić information content (AvgIpc) is 2.92. The van der Waals surface area contributed by atoms with Crippen LogP contribution >= 0.6 is 0 Å². The smallest absolute Gasteiger partial charge is 0.345 e. The zero-order chi connectivity index (χ0) is 22.5. The SMILES string of the molecule is COc1cc(OC)c(C(=O)NC2CCc3nn(CCC(C)C)c(=O)n3CC2)cc1OC. The summed E-state index contributed by atoms with van der Waals surface area (Å²) in [7, 11) is 4.56. The summed E-state index contributed by atoms with van der Waals surface area (Å²) in [5.41, 5.74) is 0.308. The third-order valence-corrected chi connectivity index (χ3v) is 5.62. The van der Waals surface area contributed by atoms with Gasteiger partial charge in [0.1, 0.15) is 11.6 Å². The fraction of sp³-hybridized carbons (Fsp3) is 0.591.